The molecule has 1 amide bonds. The molecular formula is C14H11BrN2O3S. The van der Waals surface area contributed by atoms with E-state index in [-0.39, 0.29) is 17.2 Å². The minimum Gasteiger partial charge on any atom is -0.322 e. The molecule has 0 saturated carbocycles. The summed E-state index contributed by atoms with van der Waals surface area (Å²) in [5, 5.41) is 13.7. The quantitative estimate of drug-likeness (QED) is 0.496. The first-order chi connectivity index (χ1) is 10.0. The summed E-state index contributed by atoms with van der Waals surface area (Å²) in [4.78, 5) is 23.2. The van der Waals surface area contributed by atoms with Crippen molar-refractivity contribution in [1.82, 2.24) is 0 Å². The first kappa shape index (κ1) is 15.5. The summed E-state index contributed by atoms with van der Waals surface area (Å²) in [5.74, 6) is -0.381. The average Bonchev–Trinajstić information content (AvgIpc) is 2.48. The molecule has 0 saturated heterocycles. The molecule has 0 heterocycles. The van der Waals surface area contributed by atoms with Crippen LogP contribution in [-0.2, 0) is 0 Å². The van der Waals surface area contributed by atoms with Gasteiger partial charge in [-0.25, -0.2) is 0 Å². The lowest BCUT2D eigenvalue weighted by molar-refractivity contribution is -0.387. The lowest BCUT2D eigenvalue weighted by Crippen LogP contribution is -2.12. The molecule has 0 aliphatic carbocycles. The molecule has 0 aromatic heterocycles. The van der Waals surface area contributed by atoms with Crippen LogP contribution in [0.4, 0.5) is 11.4 Å². The largest absolute Gasteiger partial charge is 0.322 e. The molecule has 2 aromatic carbocycles. The van der Waals surface area contributed by atoms with E-state index in [1.54, 1.807) is 42.7 Å². The van der Waals surface area contributed by atoms with Crippen LogP contribution < -0.4 is 5.32 Å². The fourth-order valence-electron chi connectivity index (χ4n) is 1.71. The molecule has 7 heteroatoms. The Kier molecular flexibility index (Phi) is 4.98. The second-order valence-corrected chi connectivity index (χ2v) is 5.87. The van der Waals surface area contributed by atoms with Crippen molar-refractivity contribution in [2.24, 2.45) is 0 Å². The minimum atomic E-state index is -0.484. The fraction of sp³-hybridized carbons (Fsp3) is 0.0714. The summed E-state index contributed by atoms with van der Waals surface area (Å²) >= 11 is 4.58. The topological polar surface area (TPSA) is 72.2 Å². The molecular weight excluding hydrogens is 356 g/mol. The highest BCUT2D eigenvalue weighted by atomic mass is 79.9. The molecule has 0 unspecified atom stereocenters. The molecule has 0 aliphatic rings. The molecule has 108 valence electrons. The van der Waals surface area contributed by atoms with Crippen molar-refractivity contribution in [2.45, 2.75) is 4.90 Å². The number of hydrogen-bond donors (Lipinski definition) is 1. The summed E-state index contributed by atoms with van der Waals surface area (Å²) in [6.45, 7) is 0. The summed E-state index contributed by atoms with van der Waals surface area (Å²) in [7, 11) is 0. The van der Waals surface area contributed by atoms with Crippen molar-refractivity contribution in [3.05, 3.63) is 62.6 Å². The number of nitro benzene ring substituents is 1. The van der Waals surface area contributed by atoms with Crippen molar-refractivity contribution in [2.75, 3.05) is 11.6 Å². The van der Waals surface area contributed by atoms with E-state index in [9.17, 15) is 14.9 Å². The smallest absolute Gasteiger partial charge is 0.283 e. The van der Waals surface area contributed by atoms with Crippen molar-refractivity contribution in [3.63, 3.8) is 0 Å². The van der Waals surface area contributed by atoms with Gasteiger partial charge in [0.25, 0.3) is 11.6 Å². The molecule has 0 fully saturated rings. The monoisotopic (exact) mass is 366 g/mol. The maximum atomic E-state index is 12.1. The molecule has 0 spiro atoms. The van der Waals surface area contributed by atoms with Gasteiger partial charge >= 0.3 is 0 Å². The van der Waals surface area contributed by atoms with Crippen molar-refractivity contribution >= 4 is 45.0 Å². The van der Waals surface area contributed by atoms with Crippen molar-refractivity contribution in [3.8, 4) is 0 Å². The van der Waals surface area contributed by atoms with Crippen LogP contribution in [0, 0.1) is 10.1 Å². The number of nitrogens with zero attached hydrogens (tertiary/aromatic N) is 1. The Hall–Kier alpha value is -1.86. The van der Waals surface area contributed by atoms with Gasteiger partial charge in [0, 0.05) is 21.8 Å². The van der Waals surface area contributed by atoms with E-state index in [4.69, 9.17) is 0 Å². The number of carbonyl (C=O) groups is 1. The number of nitro groups is 1. The first-order valence-electron chi connectivity index (χ1n) is 5.90. The Morgan fingerprint density at radius 3 is 2.48 bits per heavy atom. The molecule has 0 radical (unpaired) electrons. The Bertz CT molecular complexity index is 689. The zero-order valence-electron chi connectivity index (χ0n) is 11.0. The molecule has 0 atom stereocenters. The normalized spacial score (nSPS) is 10.2. The van der Waals surface area contributed by atoms with Crippen LogP contribution in [0.15, 0.2) is 51.8 Å². The first-order valence-corrected chi connectivity index (χ1v) is 7.92. The standard InChI is InChI=1S/C14H11BrN2O3S/c1-21-13-7-2-9(8-12(13)17(19)20)14(18)16-11-5-3-10(15)4-6-11/h2-8H,1H3,(H,16,18). The number of halogens is 1. The number of hydrogen-bond acceptors (Lipinski definition) is 4. The second-order valence-electron chi connectivity index (χ2n) is 4.10. The zero-order valence-corrected chi connectivity index (χ0v) is 13.4. The van der Waals surface area contributed by atoms with Crippen molar-refractivity contribution in [1.29, 1.82) is 0 Å². The third-order valence-corrected chi connectivity index (χ3v) is 4.05. The van der Waals surface area contributed by atoms with Gasteiger partial charge in [-0.15, -0.1) is 11.8 Å². The highest BCUT2D eigenvalue weighted by Crippen LogP contribution is 2.28. The molecule has 0 aliphatic heterocycles. The highest BCUT2D eigenvalue weighted by molar-refractivity contribution is 9.10. The van der Waals surface area contributed by atoms with E-state index in [0.29, 0.717) is 10.6 Å². The van der Waals surface area contributed by atoms with Crippen LogP contribution in [0.5, 0.6) is 0 Å². The van der Waals surface area contributed by atoms with Gasteiger partial charge in [-0.2, -0.15) is 0 Å². The maximum Gasteiger partial charge on any atom is 0.283 e. The van der Waals surface area contributed by atoms with Gasteiger partial charge in [0.15, 0.2) is 0 Å². The molecule has 1 N–H and O–H groups in total. The average molecular weight is 367 g/mol. The van der Waals surface area contributed by atoms with Gasteiger partial charge < -0.3 is 5.32 Å². The Morgan fingerprint density at radius 2 is 1.90 bits per heavy atom. The van der Waals surface area contributed by atoms with E-state index >= 15 is 0 Å². The van der Waals surface area contributed by atoms with Crippen LogP contribution in [0.2, 0.25) is 0 Å². The minimum absolute atomic E-state index is 0.0639. The number of nitrogens with one attached hydrogen (secondary N) is 1. The third-order valence-electron chi connectivity index (χ3n) is 2.74. The Morgan fingerprint density at radius 1 is 1.24 bits per heavy atom. The summed E-state index contributed by atoms with van der Waals surface area (Å²) < 4.78 is 0.903. The van der Waals surface area contributed by atoms with E-state index in [1.807, 2.05) is 0 Å². The van der Waals surface area contributed by atoms with E-state index in [0.717, 1.165) is 4.47 Å². The van der Waals surface area contributed by atoms with Gasteiger partial charge in [-0.3, -0.25) is 14.9 Å². The van der Waals surface area contributed by atoms with Crippen LogP contribution in [-0.4, -0.2) is 17.1 Å². The number of carbonyl (C=O) groups excluding carboxylic acids is 1. The van der Waals surface area contributed by atoms with Crippen LogP contribution in [0.25, 0.3) is 0 Å². The number of rotatable bonds is 4. The molecule has 5 nitrogen and oxygen atoms in total. The van der Waals surface area contributed by atoms with Crippen LogP contribution in [0.1, 0.15) is 10.4 Å². The summed E-state index contributed by atoms with van der Waals surface area (Å²) in [5.41, 5.74) is 0.813. The number of thioether (sulfide) groups is 1. The van der Waals surface area contributed by atoms with E-state index in [2.05, 4.69) is 21.2 Å². The van der Waals surface area contributed by atoms with Gasteiger partial charge in [-0.05, 0) is 42.7 Å². The fourth-order valence-corrected chi connectivity index (χ4v) is 2.52. The number of benzene rings is 2. The lowest BCUT2D eigenvalue weighted by Gasteiger charge is -2.06. The van der Waals surface area contributed by atoms with Gasteiger partial charge in [-0.1, -0.05) is 15.9 Å². The zero-order chi connectivity index (χ0) is 15.4. The van der Waals surface area contributed by atoms with Gasteiger partial charge in [0.05, 0.1) is 9.82 Å². The lowest BCUT2D eigenvalue weighted by atomic mass is 10.2. The predicted molar refractivity (Wildman–Crippen MR) is 87.0 cm³/mol. The number of amides is 1. The predicted octanol–water partition coefficient (Wildman–Crippen LogP) is 4.33. The van der Waals surface area contributed by atoms with E-state index in [1.165, 1.54) is 17.8 Å². The van der Waals surface area contributed by atoms with Gasteiger partial charge in [0.1, 0.15) is 0 Å². The van der Waals surface area contributed by atoms with Crippen LogP contribution in [0.3, 0.4) is 0 Å². The van der Waals surface area contributed by atoms with Crippen LogP contribution >= 0.6 is 27.7 Å². The molecule has 21 heavy (non-hydrogen) atoms. The van der Waals surface area contributed by atoms with Gasteiger partial charge in [0.2, 0.25) is 0 Å². The Labute approximate surface area is 134 Å². The highest BCUT2D eigenvalue weighted by Gasteiger charge is 2.17. The Balaban J connectivity index is 2.25. The molecule has 2 aromatic rings. The molecule has 2 rings (SSSR count). The maximum absolute atomic E-state index is 12.1. The van der Waals surface area contributed by atoms with E-state index < -0.39 is 4.92 Å². The molecule has 0 bridgehead atoms. The number of anilines is 1. The second kappa shape index (κ2) is 6.73. The SMILES string of the molecule is CSc1ccc(C(=O)Nc2ccc(Br)cc2)cc1[N+](=O)[O-]. The summed E-state index contributed by atoms with van der Waals surface area (Å²) in [6, 6.07) is 11.5. The van der Waals surface area contributed by atoms with Crippen molar-refractivity contribution < 1.29 is 9.72 Å². The third kappa shape index (κ3) is 3.83. The summed E-state index contributed by atoms with van der Waals surface area (Å²) in [6.07, 6.45) is 1.75.